The van der Waals surface area contributed by atoms with Crippen molar-refractivity contribution in [3.8, 4) is 17.0 Å². The molecule has 100 valence electrons. The van der Waals surface area contributed by atoms with Crippen LogP contribution in [0.4, 0.5) is 0 Å². The summed E-state index contributed by atoms with van der Waals surface area (Å²) in [6.45, 7) is 4.06. The first kappa shape index (κ1) is 13.1. The second-order valence-electron chi connectivity index (χ2n) is 4.81. The predicted octanol–water partition coefficient (Wildman–Crippen LogP) is 2.61. The van der Waals surface area contributed by atoms with Gasteiger partial charge in [0.15, 0.2) is 5.69 Å². The van der Waals surface area contributed by atoms with Crippen LogP contribution in [0.5, 0.6) is 5.75 Å². The molecule has 0 bridgehead atoms. The lowest BCUT2D eigenvalue weighted by Crippen LogP contribution is -1.99. The van der Waals surface area contributed by atoms with Crippen LogP contribution in [0.3, 0.4) is 0 Å². The number of phenolic OH excluding ortho intramolecular Hbond substituents is 1. The third-order valence-electron chi connectivity index (χ3n) is 3.00. The van der Waals surface area contributed by atoms with Crippen molar-refractivity contribution in [2.75, 3.05) is 0 Å². The summed E-state index contributed by atoms with van der Waals surface area (Å²) in [5.74, 6) is -0.622. The SMILES string of the molecule is CC(C)c1cc(O)cc(-c2cc(C(=O)O)nn2C)c1. The van der Waals surface area contributed by atoms with E-state index in [1.807, 2.05) is 19.9 Å². The van der Waals surface area contributed by atoms with Crippen LogP contribution in [-0.4, -0.2) is 26.0 Å². The fraction of sp³-hybridized carbons (Fsp3) is 0.286. The predicted molar refractivity (Wildman–Crippen MR) is 71.4 cm³/mol. The summed E-state index contributed by atoms with van der Waals surface area (Å²) in [5.41, 5.74) is 2.40. The van der Waals surface area contributed by atoms with Gasteiger partial charge in [-0.1, -0.05) is 13.8 Å². The normalized spacial score (nSPS) is 10.9. The Morgan fingerprint density at radius 3 is 2.47 bits per heavy atom. The monoisotopic (exact) mass is 260 g/mol. The molecule has 0 aliphatic carbocycles. The van der Waals surface area contributed by atoms with Gasteiger partial charge in [-0.25, -0.2) is 4.79 Å². The number of aromatic carboxylic acids is 1. The van der Waals surface area contributed by atoms with Gasteiger partial charge in [-0.2, -0.15) is 5.10 Å². The molecule has 1 aromatic heterocycles. The lowest BCUT2D eigenvalue weighted by molar-refractivity contribution is 0.0689. The molecule has 0 atom stereocenters. The number of rotatable bonds is 3. The van der Waals surface area contributed by atoms with E-state index in [-0.39, 0.29) is 17.4 Å². The van der Waals surface area contributed by atoms with Crippen LogP contribution in [0.2, 0.25) is 0 Å². The Morgan fingerprint density at radius 1 is 1.26 bits per heavy atom. The van der Waals surface area contributed by atoms with Gasteiger partial charge in [-0.05, 0) is 35.7 Å². The molecular weight excluding hydrogens is 244 g/mol. The molecule has 2 aromatic rings. The third-order valence-corrected chi connectivity index (χ3v) is 3.00. The maximum absolute atomic E-state index is 10.9. The van der Waals surface area contributed by atoms with Crippen LogP contribution in [0.1, 0.15) is 35.8 Å². The Labute approximate surface area is 111 Å². The van der Waals surface area contributed by atoms with Crippen molar-refractivity contribution in [2.45, 2.75) is 19.8 Å². The Bertz CT molecular complexity index is 630. The highest BCUT2D eigenvalue weighted by atomic mass is 16.4. The molecule has 2 rings (SSSR count). The zero-order chi connectivity index (χ0) is 14.2. The number of aryl methyl sites for hydroxylation is 1. The number of carboxylic acid groups (broad SMARTS) is 1. The van der Waals surface area contributed by atoms with E-state index in [0.29, 0.717) is 5.69 Å². The summed E-state index contributed by atoms with van der Waals surface area (Å²) >= 11 is 0. The quantitative estimate of drug-likeness (QED) is 0.889. The van der Waals surface area contributed by atoms with Gasteiger partial charge in [-0.15, -0.1) is 0 Å². The van der Waals surface area contributed by atoms with Crippen LogP contribution in [0, 0.1) is 0 Å². The van der Waals surface area contributed by atoms with Crippen LogP contribution in [-0.2, 0) is 7.05 Å². The molecule has 5 nitrogen and oxygen atoms in total. The van der Waals surface area contributed by atoms with Crippen molar-refractivity contribution < 1.29 is 15.0 Å². The van der Waals surface area contributed by atoms with Gasteiger partial charge in [0.25, 0.3) is 0 Å². The van der Waals surface area contributed by atoms with Crippen molar-refractivity contribution >= 4 is 5.97 Å². The molecule has 5 heteroatoms. The summed E-state index contributed by atoms with van der Waals surface area (Å²) < 4.78 is 1.50. The van der Waals surface area contributed by atoms with E-state index in [4.69, 9.17) is 5.11 Å². The molecule has 0 fully saturated rings. The second kappa shape index (κ2) is 4.76. The minimum absolute atomic E-state index is 0.00746. The summed E-state index contributed by atoms with van der Waals surface area (Å²) in [4.78, 5) is 10.9. The zero-order valence-corrected chi connectivity index (χ0v) is 11.1. The first-order chi connectivity index (χ1) is 8.88. The lowest BCUT2D eigenvalue weighted by atomic mass is 9.99. The molecule has 0 aliphatic rings. The van der Waals surface area contributed by atoms with Gasteiger partial charge in [-0.3, -0.25) is 4.68 Å². The zero-order valence-electron chi connectivity index (χ0n) is 11.1. The number of carboxylic acids is 1. The fourth-order valence-electron chi connectivity index (χ4n) is 1.96. The van der Waals surface area contributed by atoms with Crippen LogP contribution in [0.15, 0.2) is 24.3 Å². The number of aromatic hydroxyl groups is 1. The largest absolute Gasteiger partial charge is 0.508 e. The number of carbonyl (C=O) groups is 1. The number of hydrogen-bond donors (Lipinski definition) is 2. The summed E-state index contributed by atoms with van der Waals surface area (Å²) in [6.07, 6.45) is 0. The van der Waals surface area contributed by atoms with E-state index in [9.17, 15) is 9.90 Å². The van der Waals surface area contributed by atoms with Gasteiger partial charge < -0.3 is 10.2 Å². The Kier molecular flexibility index (Phi) is 3.29. The van der Waals surface area contributed by atoms with Crippen LogP contribution in [0.25, 0.3) is 11.3 Å². The van der Waals surface area contributed by atoms with E-state index >= 15 is 0 Å². The highest BCUT2D eigenvalue weighted by Gasteiger charge is 2.14. The summed E-state index contributed by atoms with van der Waals surface area (Å²) in [5, 5.41) is 22.6. The smallest absolute Gasteiger partial charge is 0.356 e. The van der Waals surface area contributed by atoms with Crippen LogP contribution >= 0.6 is 0 Å². The van der Waals surface area contributed by atoms with E-state index in [2.05, 4.69) is 5.10 Å². The molecule has 1 aromatic carbocycles. The maximum Gasteiger partial charge on any atom is 0.356 e. The number of benzene rings is 1. The molecule has 2 N–H and O–H groups in total. The average Bonchev–Trinajstić information content (AvgIpc) is 2.70. The molecule has 0 aliphatic heterocycles. The summed E-state index contributed by atoms with van der Waals surface area (Å²) in [6, 6.07) is 6.76. The third kappa shape index (κ3) is 2.59. The van der Waals surface area contributed by atoms with Crippen molar-refractivity contribution in [2.24, 2.45) is 7.05 Å². The number of nitrogens with zero attached hydrogens (tertiary/aromatic N) is 2. The number of phenols is 1. The minimum atomic E-state index is -1.06. The first-order valence-corrected chi connectivity index (χ1v) is 6.00. The molecule has 0 unspecified atom stereocenters. The maximum atomic E-state index is 10.9. The molecule has 0 saturated heterocycles. The fourth-order valence-corrected chi connectivity index (χ4v) is 1.96. The molecule has 19 heavy (non-hydrogen) atoms. The standard InChI is InChI=1S/C14H16N2O3/c1-8(2)9-4-10(6-11(17)5-9)13-7-12(14(18)19)15-16(13)3/h4-8,17H,1-3H3,(H,18,19). The van der Waals surface area contributed by atoms with Gasteiger partial charge in [0.05, 0.1) is 5.69 Å². The van der Waals surface area contributed by atoms with E-state index in [1.54, 1.807) is 19.2 Å². The van der Waals surface area contributed by atoms with Gasteiger partial charge in [0.1, 0.15) is 5.75 Å². The molecular formula is C14H16N2O3. The van der Waals surface area contributed by atoms with Gasteiger partial charge >= 0.3 is 5.97 Å². The molecule has 0 amide bonds. The highest BCUT2D eigenvalue weighted by Crippen LogP contribution is 2.29. The number of aromatic nitrogens is 2. The topological polar surface area (TPSA) is 75.3 Å². The molecule has 0 saturated carbocycles. The Morgan fingerprint density at radius 2 is 1.95 bits per heavy atom. The Balaban J connectivity index is 2.55. The molecule has 0 spiro atoms. The Hall–Kier alpha value is -2.30. The lowest BCUT2D eigenvalue weighted by Gasteiger charge is -2.09. The van der Waals surface area contributed by atoms with Gasteiger partial charge in [0, 0.05) is 12.6 Å². The van der Waals surface area contributed by atoms with Crippen molar-refractivity contribution in [3.63, 3.8) is 0 Å². The van der Waals surface area contributed by atoms with Gasteiger partial charge in [0.2, 0.25) is 0 Å². The molecule has 0 radical (unpaired) electrons. The van der Waals surface area contributed by atoms with E-state index in [1.165, 1.54) is 10.7 Å². The van der Waals surface area contributed by atoms with Crippen molar-refractivity contribution in [1.82, 2.24) is 9.78 Å². The highest BCUT2D eigenvalue weighted by molar-refractivity contribution is 5.87. The van der Waals surface area contributed by atoms with E-state index < -0.39 is 5.97 Å². The second-order valence-corrected chi connectivity index (χ2v) is 4.81. The minimum Gasteiger partial charge on any atom is -0.508 e. The number of hydrogen-bond acceptors (Lipinski definition) is 3. The van der Waals surface area contributed by atoms with Crippen LogP contribution < -0.4 is 0 Å². The first-order valence-electron chi connectivity index (χ1n) is 6.00. The average molecular weight is 260 g/mol. The summed E-state index contributed by atoms with van der Waals surface area (Å²) in [7, 11) is 1.68. The van der Waals surface area contributed by atoms with Crippen molar-refractivity contribution in [1.29, 1.82) is 0 Å². The van der Waals surface area contributed by atoms with E-state index in [0.717, 1.165) is 11.1 Å². The molecule has 1 heterocycles. The van der Waals surface area contributed by atoms with Crippen molar-refractivity contribution in [3.05, 3.63) is 35.5 Å².